The summed E-state index contributed by atoms with van der Waals surface area (Å²) in [5, 5.41) is 1.02. The van der Waals surface area contributed by atoms with E-state index in [0.717, 1.165) is 52.9 Å². The Bertz CT molecular complexity index is 712. The number of amides is 1. The molecule has 0 bridgehead atoms. The summed E-state index contributed by atoms with van der Waals surface area (Å²) in [5.41, 5.74) is 2.92. The number of hydrogen-bond donors (Lipinski definition) is 0. The first-order valence-electron chi connectivity index (χ1n) is 8.02. The zero-order chi connectivity index (χ0) is 16.4. The molecule has 0 radical (unpaired) electrons. The van der Waals surface area contributed by atoms with Crippen LogP contribution in [-0.4, -0.2) is 38.8 Å². The summed E-state index contributed by atoms with van der Waals surface area (Å²) in [6, 6.07) is 0. The van der Waals surface area contributed by atoms with E-state index in [1.807, 2.05) is 31.9 Å². The van der Waals surface area contributed by atoms with E-state index in [2.05, 4.69) is 15.0 Å². The lowest BCUT2D eigenvalue weighted by atomic mass is 9.94. The molecule has 1 saturated heterocycles. The number of aryl methyl sites for hydroxylation is 3. The lowest BCUT2D eigenvalue weighted by molar-refractivity contribution is -0.131. The van der Waals surface area contributed by atoms with E-state index >= 15 is 0 Å². The highest BCUT2D eigenvalue weighted by Gasteiger charge is 2.26. The fourth-order valence-corrected chi connectivity index (χ4v) is 4.04. The molecule has 2 aromatic heterocycles. The number of hydrogen-bond acceptors (Lipinski definition) is 5. The smallest absolute Gasteiger partial charge is 0.227 e. The van der Waals surface area contributed by atoms with Crippen LogP contribution in [0, 0.1) is 20.8 Å². The van der Waals surface area contributed by atoms with Gasteiger partial charge < -0.3 is 4.90 Å². The number of likely N-dealkylation sites (tertiary alicyclic amines) is 1. The summed E-state index contributed by atoms with van der Waals surface area (Å²) >= 11 is 1.62. The Hall–Kier alpha value is -1.82. The van der Waals surface area contributed by atoms with Crippen LogP contribution in [0.1, 0.15) is 45.7 Å². The molecule has 1 atom stereocenters. The van der Waals surface area contributed by atoms with E-state index < -0.39 is 0 Å². The van der Waals surface area contributed by atoms with Crippen molar-refractivity contribution in [3.63, 3.8) is 0 Å². The average molecular weight is 330 g/mol. The quantitative estimate of drug-likeness (QED) is 0.868. The fourth-order valence-electron chi connectivity index (χ4n) is 3.11. The second-order valence-corrected chi connectivity index (χ2v) is 7.47. The minimum Gasteiger partial charge on any atom is -0.342 e. The van der Waals surface area contributed by atoms with Crippen molar-refractivity contribution in [2.75, 3.05) is 13.1 Å². The van der Waals surface area contributed by atoms with Crippen molar-refractivity contribution < 1.29 is 4.79 Å². The molecule has 0 unspecified atom stereocenters. The molecule has 0 aromatic carbocycles. The molecule has 0 spiro atoms. The van der Waals surface area contributed by atoms with E-state index in [4.69, 9.17) is 0 Å². The summed E-state index contributed by atoms with van der Waals surface area (Å²) in [6.07, 6.45) is 6.16. The molecule has 1 aliphatic heterocycles. The molecule has 1 fully saturated rings. The van der Waals surface area contributed by atoms with Crippen molar-refractivity contribution in [3.8, 4) is 0 Å². The molecule has 2 aromatic rings. The molecule has 6 heteroatoms. The maximum Gasteiger partial charge on any atom is 0.227 e. The predicted molar refractivity (Wildman–Crippen MR) is 90.6 cm³/mol. The zero-order valence-electron chi connectivity index (χ0n) is 13.9. The first kappa shape index (κ1) is 16.1. The van der Waals surface area contributed by atoms with Gasteiger partial charge in [0, 0.05) is 36.3 Å². The van der Waals surface area contributed by atoms with Gasteiger partial charge in [-0.3, -0.25) is 14.8 Å². The van der Waals surface area contributed by atoms with E-state index in [0.29, 0.717) is 12.3 Å². The highest BCUT2D eigenvalue weighted by molar-refractivity contribution is 7.11. The maximum absolute atomic E-state index is 12.6. The lowest BCUT2D eigenvalue weighted by Crippen LogP contribution is -2.40. The molecule has 23 heavy (non-hydrogen) atoms. The van der Waals surface area contributed by atoms with Crippen LogP contribution in [0.3, 0.4) is 0 Å². The largest absolute Gasteiger partial charge is 0.342 e. The fraction of sp³-hybridized carbons (Fsp3) is 0.529. The number of carbonyl (C=O) groups is 1. The molecule has 1 amide bonds. The van der Waals surface area contributed by atoms with E-state index in [1.165, 1.54) is 0 Å². The maximum atomic E-state index is 12.6. The van der Waals surface area contributed by atoms with Crippen LogP contribution in [-0.2, 0) is 11.2 Å². The van der Waals surface area contributed by atoms with Gasteiger partial charge in [-0.1, -0.05) is 0 Å². The summed E-state index contributed by atoms with van der Waals surface area (Å²) in [7, 11) is 0. The summed E-state index contributed by atoms with van der Waals surface area (Å²) in [4.78, 5) is 28.9. The van der Waals surface area contributed by atoms with Crippen molar-refractivity contribution in [2.45, 2.75) is 46.0 Å². The van der Waals surface area contributed by atoms with Gasteiger partial charge >= 0.3 is 0 Å². The third kappa shape index (κ3) is 3.75. The van der Waals surface area contributed by atoms with Crippen LogP contribution in [0.2, 0.25) is 0 Å². The van der Waals surface area contributed by atoms with Crippen LogP contribution in [0.15, 0.2) is 12.4 Å². The van der Waals surface area contributed by atoms with Gasteiger partial charge in [0.05, 0.1) is 28.5 Å². The van der Waals surface area contributed by atoms with Crippen LogP contribution in [0.25, 0.3) is 0 Å². The van der Waals surface area contributed by atoms with Crippen LogP contribution in [0.4, 0.5) is 0 Å². The third-order valence-electron chi connectivity index (χ3n) is 4.28. The van der Waals surface area contributed by atoms with Crippen LogP contribution in [0.5, 0.6) is 0 Å². The topological polar surface area (TPSA) is 59.0 Å². The van der Waals surface area contributed by atoms with Gasteiger partial charge in [-0.2, -0.15) is 0 Å². The summed E-state index contributed by atoms with van der Waals surface area (Å²) < 4.78 is 0. The SMILES string of the molecule is Cc1cncc([C@H]2CCCN(C(=O)Cc3sc(C)nc3C)C2)n1. The van der Waals surface area contributed by atoms with Gasteiger partial charge in [-0.25, -0.2) is 4.98 Å². The molecule has 5 nitrogen and oxygen atoms in total. The van der Waals surface area contributed by atoms with E-state index in [-0.39, 0.29) is 5.91 Å². The van der Waals surface area contributed by atoms with Gasteiger partial charge in [0.1, 0.15) is 0 Å². The minimum absolute atomic E-state index is 0.196. The standard InChI is InChI=1S/C17H22N4OS/c1-11-8-18-9-15(19-11)14-5-4-6-21(10-14)17(22)7-16-12(2)20-13(3)23-16/h8-9,14H,4-7,10H2,1-3H3/t14-/m0/s1. The van der Waals surface area contributed by atoms with Gasteiger partial charge in [-0.15, -0.1) is 11.3 Å². The number of thiazole rings is 1. The zero-order valence-corrected chi connectivity index (χ0v) is 14.7. The first-order chi connectivity index (χ1) is 11.0. The Morgan fingerprint density at radius 2 is 2.13 bits per heavy atom. The molecule has 1 aliphatic rings. The van der Waals surface area contributed by atoms with Crippen molar-refractivity contribution in [1.82, 2.24) is 19.9 Å². The van der Waals surface area contributed by atoms with Gasteiger partial charge in [-0.05, 0) is 33.6 Å². The Balaban J connectivity index is 1.68. The number of aromatic nitrogens is 3. The monoisotopic (exact) mass is 330 g/mol. The first-order valence-corrected chi connectivity index (χ1v) is 8.84. The van der Waals surface area contributed by atoms with Gasteiger partial charge in [0.2, 0.25) is 5.91 Å². The Morgan fingerprint density at radius 3 is 2.83 bits per heavy atom. The van der Waals surface area contributed by atoms with Crippen molar-refractivity contribution in [1.29, 1.82) is 0 Å². The average Bonchev–Trinajstić information content (AvgIpc) is 2.85. The Morgan fingerprint density at radius 1 is 1.30 bits per heavy atom. The highest BCUT2D eigenvalue weighted by atomic mass is 32.1. The summed E-state index contributed by atoms with van der Waals surface area (Å²) in [5.74, 6) is 0.492. The Kier molecular flexibility index (Phi) is 4.71. The third-order valence-corrected chi connectivity index (χ3v) is 5.35. The van der Waals surface area contributed by atoms with E-state index in [1.54, 1.807) is 17.5 Å². The highest BCUT2D eigenvalue weighted by Crippen LogP contribution is 2.26. The van der Waals surface area contributed by atoms with Crippen molar-refractivity contribution in [3.05, 3.63) is 39.4 Å². The van der Waals surface area contributed by atoms with Crippen molar-refractivity contribution >= 4 is 17.2 Å². The normalized spacial score (nSPS) is 18.2. The summed E-state index contributed by atoms with van der Waals surface area (Å²) in [6.45, 7) is 7.50. The number of piperidine rings is 1. The Labute approximate surface area is 140 Å². The molecule has 0 aliphatic carbocycles. The van der Waals surface area contributed by atoms with Gasteiger partial charge in [0.15, 0.2) is 0 Å². The van der Waals surface area contributed by atoms with E-state index in [9.17, 15) is 4.79 Å². The number of nitrogens with zero attached hydrogens (tertiary/aromatic N) is 4. The molecule has 0 saturated carbocycles. The lowest BCUT2D eigenvalue weighted by Gasteiger charge is -2.32. The van der Waals surface area contributed by atoms with Crippen molar-refractivity contribution in [2.24, 2.45) is 0 Å². The second-order valence-electron chi connectivity index (χ2n) is 6.18. The minimum atomic E-state index is 0.196. The molecule has 122 valence electrons. The number of rotatable bonds is 3. The van der Waals surface area contributed by atoms with Crippen LogP contribution < -0.4 is 0 Å². The molecular formula is C17H22N4OS. The molecular weight excluding hydrogens is 308 g/mol. The van der Waals surface area contributed by atoms with Crippen LogP contribution >= 0.6 is 11.3 Å². The predicted octanol–water partition coefficient (Wildman–Crippen LogP) is 2.81. The molecule has 3 heterocycles. The molecule has 3 rings (SSSR count). The van der Waals surface area contributed by atoms with Gasteiger partial charge in [0.25, 0.3) is 0 Å². The molecule has 0 N–H and O–H groups in total. The number of carbonyl (C=O) groups excluding carboxylic acids is 1. The second kappa shape index (κ2) is 6.74.